The van der Waals surface area contributed by atoms with Gasteiger partial charge in [-0.25, -0.2) is 0 Å². The molecule has 12 rings (SSSR count). The van der Waals surface area contributed by atoms with Gasteiger partial charge in [-0.05, 0) is 109 Å². The standard InChI is InChI=1S/C63H47NO/c1-62(2,3)45-33-35-48(36-34-45)64(49-37-38-57-55(41-49)52-26-12-14-30-56(52)63(57,46-21-6-4-7-22-46)47-23-8-5-9-24-47)58-39-32-42-18-10-11-25-50(42)60(58)44-20-16-19-43(40-44)51-28-17-29-54-53-27-13-15-31-59(53)65-61(51)54/h4-41H,1-3H3. The van der Waals surface area contributed by atoms with E-state index >= 15 is 0 Å². The molecule has 310 valence electrons. The largest absolute Gasteiger partial charge is 0.455 e. The summed E-state index contributed by atoms with van der Waals surface area (Å²) in [5.41, 5.74) is 18.0. The van der Waals surface area contributed by atoms with Gasteiger partial charge in [-0.1, -0.05) is 209 Å². The van der Waals surface area contributed by atoms with Gasteiger partial charge in [0.05, 0.1) is 11.1 Å². The molecule has 0 saturated heterocycles. The maximum atomic E-state index is 6.59. The van der Waals surface area contributed by atoms with Gasteiger partial charge >= 0.3 is 0 Å². The first-order chi connectivity index (χ1) is 31.9. The van der Waals surface area contributed by atoms with E-state index in [0.29, 0.717) is 0 Å². The SMILES string of the molecule is CC(C)(C)c1ccc(N(c2ccc3c(c2)-c2ccccc2C3(c2ccccc2)c2ccccc2)c2ccc3ccccc3c2-c2cccc(-c3cccc4c3oc3ccccc34)c2)cc1. The van der Waals surface area contributed by atoms with Crippen molar-refractivity contribution in [1.82, 2.24) is 0 Å². The van der Waals surface area contributed by atoms with Crippen molar-refractivity contribution < 1.29 is 4.42 Å². The average molecular weight is 834 g/mol. The molecule has 0 bridgehead atoms. The van der Waals surface area contributed by atoms with Gasteiger partial charge in [0.15, 0.2) is 0 Å². The molecule has 1 aliphatic carbocycles. The fraction of sp³-hybridized carbons (Fsp3) is 0.0794. The molecule has 0 spiro atoms. The van der Waals surface area contributed by atoms with Crippen LogP contribution in [0.3, 0.4) is 0 Å². The van der Waals surface area contributed by atoms with Crippen molar-refractivity contribution in [2.24, 2.45) is 0 Å². The Bertz CT molecular complexity index is 3530. The van der Waals surface area contributed by atoms with E-state index in [-0.39, 0.29) is 5.41 Å². The van der Waals surface area contributed by atoms with Gasteiger partial charge in [0, 0.05) is 33.3 Å². The normalized spacial score (nSPS) is 13.0. The Labute approximate surface area is 380 Å². The van der Waals surface area contributed by atoms with E-state index in [0.717, 1.165) is 55.7 Å². The zero-order valence-corrected chi connectivity index (χ0v) is 36.8. The molecule has 2 heteroatoms. The van der Waals surface area contributed by atoms with Gasteiger partial charge in [-0.2, -0.15) is 0 Å². The van der Waals surface area contributed by atoms with Crippen LogP contribution in [0.2, 0.25) is 0 Å². The second-order valence-electron chi connectivity index (χ2n) is 18.4. The monoisotopic (exact) mass is 833 g/mol. The lowest BCUT2D eigenvalue weighted by Gasteiger charge is -2.34. The van der Waals surface area contributed by atoms with Crippen LogP contribution in [0.5, 0.6) is 0 Å². The quantitative estimate of drug-likeness (QED) is 0.159. The minimum Gasteiger partial charge on any atom is -0.455 e. The molecule has 1 aromatic heterocycles. The van der Waals surface area contributed by atoms with Crippen molar-refractivity contribution in [3.8, 4) is 33.4 Å². The maximum Gasteiger partial charge on any atom is 0.143 e. The first-order valence-corrected chi connectivity index (χ1v) is 22.7. The van der Waals surface area contributed by atoms with Crippen LogP contribution < -0.4 is 4.90 Å². The molecule has 65 heavy (non-hydrogen) atoms. The lowest BCUT2D eigenvalue weighted by atomic mass is 9.68. The first kappa shape index (κ1) is 38.7. The zero-order chi connectivity index (χ0) is 43.7. The van der Waals surface area contributed by atoms with Gasteiger partial charge in [-0.15, -0.1) is 0 Å². The van der Waals surface area contributed by atoms with E-state index in [1.54, 1.807) is 0 Å². The molecule has 0 N–H and O–H groups in total. The molecular weight excluding hydrogens is 787 g/mol. The molecule has 10 aromatic carbocycles. The topological polar surface area (TPSA) is 16.4 Å². The second kappa shape index (κ2) is 15.1. The molecule has 2 nitrogen and oxygen atoms in total. The molecule has 0 aliphatic heterocycles. The predicted molar refractivity (Wildman–Crippen MR) is 273 cm³/mol. The molecule has 0 atom stereocenters. The van der Waals surface area contributed by atoms with Gasteiger partial charge in [-0.3, -0.25) is 0 Å². The summed E-state index contributed by atoms with van der Waals surface area (Å²) in [5.74, 6) is 0. The summed E-state index contributed by atoms with van der Waals surface area (Å²) < 4.78 is 6.59. The van der Waals surface area contributed by atoms with Crippen LogP contribution >= 0.6 is 0 Å². The van der Waals surface area contributed by atoms with E-state index < -0.39 is 5.41 Å². The number of para-hydroxylation sites is 2. The Hall–Kier alpha value is -7.94. The Kier molecular flexibility index (Phi) is 9.00. The fourth-order valence-corrected chi connectivity index (χ4v) is 10.7. The molecule has 1 aliphatic rings. The Morgan fingerprint density at radius 2 is 1.02 bits per heavy atom. The Morgan fingerprint density at radius 3 is 1.78 bits per heavy atom. The minimum atomic E-state index is -0.483. The molecule has 0 unspecified atom stereocenters. The molecule has 0 fully saturated rings. The number of rotatable bonds is 7. The van der Waals surface area contributed by atoms with Crippen LogP contribution in [-0.4, -0.2) is 0 Å². The fourth-order valence-electron chi connectivity index (χ4n) is 10.7. The Morgan fingerprint density at radius 1 is 0.415 bits per heavy atom. The third-order valence-corrected chi connectivity index (χ3v) is 13.7. The summed E-state index contributed by atoms with van der Waals surface area (Å²) in [6.07, 6.45) is 0. The summed E-state index contributed by atoms with van der Waals surface area (Å²) in [6.45, 7) is 6.84. The number of hydrogen-bond acceptors (Lipinski definition) is 2. The van der Waals surface area contributed by atoms with Crippen LogP contribution in [0.15, 0.2) is 235 Å². The van der Waals surface area contributed by atoms with Crippen LogP contribution in [-0.2, 0) is 10.8 Å². The van der Waals surface area contributed by atoms with E-state index in [1.807, 2.05) is 6.07 Å². The summed E-state index contributed by atoms with van der Waals surface area (Å²) in [7, 11) is 0. The van der Waals surface area contributed by atoms with Crippen LogP contribution in [0.4, 0.5) is 17.1 Å². The molecule has 0 amide bonds. The number of anilines is 3. The van der Waals surface area contributed by atoms with Crippen molar-refractivity contribution in [2.75, 3.05) is 4.90 Å². The van der Waals surface area contributed by atoms with Gasteiger partial charge in [0.25, 0.3) is 0 Å². The van der Waals surface area contributed by atoms with Crippen LogP contribution in [0.1, 0.15) is 48.6 Å². The van der Waals surface area contributed by atoms with E-state index in [1.165, 1.54) is 55.3 Å². The summed E-state index contributed by atoms with van der Waals surface area (Å²) in [4.78, 5) is 2.48. The zero-order valence-electron chi connectivity index (χ0n) is 36.8. The van der Waals surface area contributed by atoms with Crippen molar-refractivity contribution in [1.29, 1.82) is 0 Å². The highest BCUT2D eigenvalue weighted by atomic mass is 16.3. The third kappa shape index (κ3) is 6.16. The number of benzene rings is 10. The van der Waals surface area contributed by atoms with Crippen LogP contribution in [0.25, 0.3) is 66.1 Å². The predicted octanol–water partition coefficient (Wildman–Crippen LogP) is 17.2. The molecule has 0 radical (unpaired) electrons. The van der Waals surface area contributed by atoms with Crippen molar-refractivity contribution in [3.05, 3.63) is 258 Å². The maximum absolute atomic E-state index is 6.59. The molecule has 1 heterocycles. The first-order valence-electron chi connectivity index (χ1n) is 22.7. The smallest absolute Gasteiger partial charge is 0.143 e. The van der Waals surface area contributed by atoms with Crippen molar-refractivity contribution >= 4 is 49.8 Å². The average Bonchev–Trinajstić information content (AvgIpc) is 3.88. The molecule has 0 saturated carbocycles. The van der Waals surface area contributed by atoms with E-state index in [4.69, 9.17) is 4.42 Å². The summed E-state index contributed by atoms with van der Waals surface area (Å²) >= 11 is 0. The van der Waals surface area contributed by atoms with E-state index in [2.05, 4.69) is 250 Å². The van der Waals surface area contributed by atoms with Gasteiger partial charge < -0.3 is 9.32 Å². The molecular formula is C63H47NO. The number of hydrogen-bond donors (Lipinski definition) is 0. The highest BCUT2D eigenvalue weighted by Gasteiger charge is 2.46. The minimum absolute atomic E-state index is 0.0100. The highest BCUT2D eigenvalue weighted by molar-refractivity contribution is 6.10. The van der Waals surface area contributed by atoms with Gasteiger partial charge in [0.2, 0.25) is 0 Å². The summed E-state index contributed by atoms with van der Waals surface area (Å²) in [5, 5.41) is 4.64. The van der Waals surface area contributed by atoms with Crippen LogP contribution in [0, 0.1) is 0 Å². The second-order valence-corrected chi connectivity index (χ2v) is 18.4. The number of fused-ring (bicyclic) bond motifs is 7. The van der Waals surface area contributed by atoms with Crippen molar-refractivity contribution in [3.63, 3.8) is 0 Å². The summed E-state index contributed by atoms with van der Waals surface area (Å²) in [6, 6.07) is 84.7. The third-order valence-electron chi connectivity index (χ3n) is 13.7. The van der Waals surface area contributed by atoms with Gasteiger partial charge in [0.1, 0.15) is 11.2 Å². The number of furan rings is 1. The number of nitrogens with zero attached hydrogens (tertiary/aromatic N) is 1. The lowest BCUT2D eigenvalue weighted by Crippen LogP contribution is -2.28. The lowest BCUT2D eigenvalue weighted by molar-refractivity contribution is 0.590. The Balaban J connectivity index is 1.11. The highest BCUT2D eigenvalue weighted by Crippen LogP contribution is 2.57. The van der Waals surface area contributed by atoms with Crippen molar-refractivity contribution in [2.45, 2.75) is 31.6 Å². The van der Waals surface area contributed by atoms with E-state index in [9.17, 15) is 0 Å². The molecule has 11 aromatic rings.